The Morgan fingerprint density at radius 2 is 1.84 bits per heavy atom. The van der Waals surface area contributed by atoms with E-state index in [-0.39, 0.29) is 0 Å². The highest BCUT2D eigenvalue weighted by Gasteiger charge is 2.09. The summed E-state index contributed by atoms with van der Waals surface area (Å²) in [7, 11) is 1.91. The fourth-order valence-corrected chi connectivity index (χ4v) is 2.18. The summed E-state index contributed by atoms with van der Waals surface area (Å²) < 4.78 is 0. The first-order valence-electron chi connectivity index (χ1n) is 7.97. The Morgan fingerprint density at radius 1 is 1.16 bits per heavy atom. The van der Waals surface area contributed by atoms with Gasteiger partial charge in [0.05, 0.1) is 0 Å². The molecule has 0 aromatic rings. The SMILES string of the molecule is CCC/C(C)=C\C(=NC)N(CCC)CCC(C)CC. The molecule has 0 N–H and O–H groups in total. The van der Waals surface area contributed by atoms with Crippen molar-refractivity contribution in [3.8, 4) is 0 Å². The lowest BCUT2D eigenvalue weighted by molar-refractivity contribution is 0.367. The second kappa shape index (κ2) is 11.1. The Balaban J connectivity index is 4.67. The first kappa shape index (κ1) is 18.2. The van der Waals surface area contributed by atoms with Crippen molar-refractivity contribution in [2.75, 3.05) is 20.1 Å². The van der Waals surface area contributed by atoms with Crippen LogP contribution < -0.4 is 0 Å². The minimum absolute atomic E-state index is 0.804. The molecule has 0 aliphatic rings. The van der Waals surface area contributed by atoms with E-state index in [0.29, 0.717) is 0 Å². The molecule has 1 unspecified atom stereocenters. The highest BCUT2D eigenvalue weighted by Crippen LogP contribution is 2.11. The second-order valence-electron chi connectivity index (χ2n) is 5.61. The van der Waals surface area contributed by atoms with Gasteiger partial charge in [0.2, 0.25) is 0 Å². The van der Waals surface area contributed by atoms with Gasteiger partial charge in [-0.25, -0.2) is 0 Å². The maximum atomic E-state index is 4.50. The van der Waals surface area contributed by atoms with Crippen molar-refractivity contribution in [3.63, 3.8) is 0 Å². The van der Waals surface area contributed by atoms with Crippen molar-refractivity contribution in [2.24, 2.45) is 10.9 Å². The summed E-state index contributed by atoms with van der Waals surface area (Å²) in [5.41, 5.74) is 1.44. The quantitative estimate of drug-likeness (QED) is 0.428. The molecule has 0 aromatic heterocycles. The van der Waals surface area contributed by atoms with Crippen LogP contribution in [0.4, 0.5) is 0 Å². The van der Waals surface area contributed by atoms with Crippen LogP contribution in [0.1, 0.15) is 66.7 Å². The van der Waals surface area contributed by atoms with Gasteiger partial charge in [-0.2, -0.15) is 0 Å². The predicted molar refractivity (Wildman–Crippen MR) is 88.0 cm³/mol. The van der Waals surface area contributed by atoms with Crippen molar-refractivity contribution in [2.45, 2.75) is 66.7 Å². The average molecular weight is 266 g/mol. The van der Waals surface area contributed by atoms with Crippen LogP contribution in [-0.2, 0) is 0 Å². The van der Waals surface area contributed by atoms with Gasteiger partial charge >= 0.3 is 0 Å². The van der Waals surface area contributed by atoms with Gasteiger partial charge in [0, 0.05) is 20.1 Å². The van der Waals surface area contributed by atoms with E-state index in [4.69, 9.17) is 0 Å². The van der Waals surface area contributed by atoms with Crippen LogP contribution in [0.15, 0.2) is 16.6 Å². The van der Waals surface area contributed by atoms with Crippen molar-refractivity contribution in [1.29, 1.82) is 0 Å². The van der Waals surface area contributed by atoms with Gasteiger partial charge in [-0.3, -0.25) is 4.99 Å². The van der Waals surface area contributed by atoms with Crippen LogP contribution in [0, 0.1) is 5.92 Å². The lowest BCUT2D eigenvalue weighted by Crippen LogP contribution is -2.32. The van der Waals surface area contributed by atoms with E-state index >= 15 is 0 Å². The van der Waals surface area contributed by atoms with Gasteiger partial charge in [-0.15, -0.1) is 0 Å². The van der Waals surface area contributed by atoms with Gasteiger partial charge in [0.15, 0.2) is 0 Å². The number of allylic oxidation sites excluding steroid dienone is 1. The molecule has 0 amide bonds. The van der Waals surface area contributed by atoms with Crippen molar-refractivity contribution in [3.05, 3.63) is 11.6 Å². The molecule has 0 aromatic carbocycles. The van der Waals surface area contributed by atoms with Gasteiger partial charge in [-0.1, -0.05) is 46.1 Å². The van der Waals surface area contributed by atoms with E-state index in [1.807, 2.05) is 7.05 Å². The molecule has 0 radical (unpaired) electrons. The summed E-state index contributed by atoms with van der Waals surface area (Å²) in [6, 6.07) is 0. The van der Waals surface area contributed by atoms with Crippen LogP contribution in [0.25, 0.3) is 0 Å². The Hall–Kier alpha value is -0.790. The Bertz CT molecular complexity index is 279. The number of rotatable bonds is 9. The number of hydrogen-bond donors (Lipinski definition) is 0. The van der Waals surface area contributed by atoms with E-state index in [0.717, 1.165) is 24.8 Å². The largest absolute Gasteiger partial charge is 0.357 e. The third kappa shape index (κ3) is 8.07. The molecule has 1 atom stereocenters. The minimum atomic E-state index is 0.804. The predicted octanol–water partition coefficient (Wildman–Crippen LogP) is 4.91. The smallest absolute Gasteiger partial charge is 0.123 e. The fraction of sp³-hybridized carbons (Fsp3) is 0.824. The molecule has 0 fully saturated rings. The molecule has 0 saturated heterocycles. The van der Waals surface area contributed by atoms with Crippen molar-refractivity contribution < 1.29 is 0 Å². The molecule has 0 saturated carbocycles. The molecule has 0 rings (SSSR count). The third-order valence-electron chi connectivity index (χ3n) is 3.66. The maximum absolute atomic E-state index is 4.50. The fourth-order valence-electron chi connectivity index (χ4n) is 2.18. The number of nitrogens with zero attached hydrogens (tertiary/aromatic N) is 2. The molecular formula is C17H34N2. The zero-order valence-electron chi connectivity index (χ0n) is 14.0. The monoisotopic (exact) mass is 266 g/mol. The Morgan fingerprint density at radius 3 is 2.32 bits per heavy atom. The Kier molecular flexibility index (Phi) is 10.6. The molecule has 0 spiro atoms. The van der Waals surface area contributed by atoms with Crippen molar-refractivity contribution in [1.82, 2.24) is 4.90 Å². The van der Waals surface area contributed by atoms with E-state index in [1.165, 1.54) is 37.7 Å². The van der Waals surface area contributed by atoms with Gasteiger partial charge in [0.25, 0.3) is 0 Å². The number of amidine groups is 1. The lowest BCUT2D eigenvalue weighted by Gasteiger charge is -2.25. The van der Waals surface area contributed by atoms with Crippen molar-refractivity contribution >= 4 is 5.84 Å². The average Bonchev–Trinajstić information content (AvgIpc) is 2.40. The molecule has 2 heteroatoms. The van der Waals surface area contributed by atoms with E-state index in [1.54, 1.807) is 0 Å². The Labute approximate surface area is 121 Å². The summed E-state index contributed by atoms with van der Waals surface area (Å²) in [6.45, 7) is 13.5. The number of aliphatic imine (C=N–C) groups is 1. The first-order chi connectivity index (χ1) is 9.08. The number of hydrogen-bond acceptors (Lipinski definition) is 1. The minimum Gasteiger partial charge on any atom is -0.357 e. The molecule has 0 aliphatic heterocycles. The highest BCUT2D eigenvalue weighted by molar-refractivity contribution is 5.93. The molecule has 0 bridgehead atoms. The summed E-state index contributed by atoms with van der Waals surface area (Å²) >= 11 is 0. The molecule has 19 heavy (non-hydrogen) atoms. The van der Waals surface area contributed by atoms with Gasteiger partial charge in [-0.05, 0) is 38.2 Å². The summed E-state index contributed by atoms with van der Waals surface area (Å²) in [6.07, 6.45) is 8.36. The van der Waals surface area contributed by atoms with Crippen LogP contribution in [0.3, 0.4) is 0 Å². The maximum Gasteiger partial charge on any atom is 0.123 e. The summed E-state index contributed by atoms with van der Waals surface area (Å²) in [4.78, 5) is 6.95. The highest BCUT2D eigenvalue weighted by atomic mass is 15.2. The van der Waals surface area contributed by atoms with E-state index < -0.39 is 0 Å². The standard InChI is InChI=1S/C17H34N2/c1-7-10-16(5)14-17(18-6)19(12-8-2)13-11-15(4)9-3/h14-15H,7-13H2,1-6H3/b16-14-,18-17?. The molecular weight excluding hydrogens is 232 g/mol. The van der Waals surface area contributed by atoms with E-state index in [2.05, 4.69) is 50.6 Å². The van der Waals surface area contributed by atoms with Crippen LogP contribution in [-0.4, -0.2) is 30.9 Å². The van der Waals surface area contributed by atoms with Gasteiger partial charge in [0.1, 0.15) is 5.84 Å². The molecule has 0 heterocycles. The summed E-state index contributed by atoms with van der Waals surface area (Å²) in [5, 5.41) is 0. The third-order valence-corrected chi connectivity index (χ3v) is 3.66. The zero-order chi connectivity index (χ0) is 14.7. The second-order valence-corrected chi connectivity index (χ2v) is 5.61. The molecule has 2 nitrogen and oxygen atoms in total. The van der Waals surface area contributed by atoms with Gasteiger partial charge < -0.3 is 4.90 Å². The summed E-state index contributed by atoms with van der Waals surface area (Å²) in [5.74, 6) is 1.97. The van der Waals surface area contributed by atoms with Crippen LogP contribution in [0.2, 0.25) is 0 Å². The molecule has 0 aliphatic carbocycles. The van der Waals surface area contributed by atoms with Crippen LogP contribution >= 0.6 is 0 Å². The lowest BCUT2D eigenvalue weighted by atomic mass is 10.0. The van der Waals surface area contributed by atoms with Crippen LogP contribution in [0.5, 0.6) is 0 Å². The topological polar surface area (TPSA) is 15.6 Å². The zero-order valence-corrected chi connectivity index (χ0v) is 14.0. The van der Waals surface area contributed by atoms with E-state index in [9.17, 15) is 0 Å². The normalized spacial score (nSPS) is 14.6. The first-order valence-corrected chi connectivity index (χ1v) is 7.97. The molecule has 112 valence electrons.